The lowest BCUT2D eigenvalue weighted by Crippen LogP contribution is -2.29. The van der Waals surface area contributed by atoms with Gasteiger partial charge in [-0.25, -0.2) is 0 Å². The highest BCUT2D eigenvalue weighted by Gasteiger charge is 2.16. The molecule has 0 aromatic heterocycles. The molecule has 1 atom stereocenters. The number of anilines is 2. The van der Waals surface area contributed by atoms with E-state index in [1.54, 1.807) is 25.1 Å². The van der Waals surface area contributed by atoms with Crippen molar-refractivity contribution in [1.29, 1.82) is 0 Å². The summed E-state index contributed by atoms with van der Waals surface area (Å²) in [5.74, 6) is 0.418. The monoisotopic (exact) mass is 308 g/mol. The summed E-state index contributed by atoms with van der Waals surface area (Å²) < 4.78 is 10.7. The lowest BCUT2D eigenvalue weighted by atomic mass is 10.2. The summed E-state index contributed by atoms with van der Waals surface area (Å²) in [5.41, 5.74) is 1.07. The largest absolute Gasteiger partial charge is 0.495 e. The van der Waals surface area contributed by atoms with Crippen molar-refractivity contribution < 1.29 is 19.1 Å². The van der Waals surface area contributed by atoms with Gasteiger partial charge in [-0.15, -0.1) is 0 Å². The van der Waals surface area contributed by atoms with E-state index in [1.165, 1.54) is 14.0 Å². The molecule has 2 amide bonds. The van der Waals surface area contributed by atoms with Crippen molar-refractivity contribution in [3.8, 4) is 5.75 Å². The highest BCUT2D eigenvalue weighted by atomic mass is 16.5. The second-order valence-corrected chi connectivity index (χ2v) is 5.45. The van der Waals surface area contributed by atoms with E-state index in [1.807, 2.05) is 13.8 Å². The Labute approximate surface area is 131 Å². The first-order valence-corrected chi connectivity index (χ1v) is 7.21. The number of ether oxygens (including phenoxy) is 2. The predicted octanol–water partition coefficient (Wildman–Crippen LogP) is 2.65. The number of rotatable bonds is 7. The van der Waals surface area contributed by atoms with Gasteiger partial charge in [0.25, 0.3) is 5.91 Å². The molecule has 2 N–H and O–H groups in total. The Kier molecular flexibility index (Phi) is 6.85. The van der Waals surface area contributed by atoms with Crippen LogP contribution in [0.3, 0.4) is 0 Å². The molecule has 0 bridgehead atoms. The van der Waals surface area contributed by atoms with E-state index in [9.17, 15) is 9.59 Å². The molecule has 22 heavy (non-hydrogen) atoms. The minimum absolute atomic E-state index is 0.184. The second kappa shape index (κ2) is 8.38. The van der Waals surface area contributed by atoms with E-state index in [-0.39, 0.29) is 11.8 Å². The van der Waals surface area contributed by atoms with Crippen LogP contribution in [0.1, 0.15) is 27.7 Å². The zero-order chi connectivity index (χ0) is 16.7. The van der Waals surface area contributed by atoms with Gasteiger partial charge in [-0.1, -0.05) is 13.8 Å². The lowest BCUT2D eigenvalue weighted by Gasteiger charge is -2.17. The summed E-state index contributed by atoms with van der Waals surface area (Å²) in [6.07, 6.45) is -0.573. The minimum atomic E-state index is -0.573. The van der Waals surface area contributed by atoms with Crippen LogP contribution in [0.4, 0.5) is 11.4 Å². The molecule has 1 aromatic carbocycles. The van der Waals surface area contributed by atoms with E-state index in [0.29, 0.717) is 29.6 Å². The smallest absolute Gasteiger partial charge is 0.253 e. The van der Waals surface area contributed by atoms with Gasteiger partial charge in [0, 0.05) is 19.2 Å². The van der Waals surface area contributed by atoms with E-state index < -0.39 is 6.10 Å². The molecule has 1 rings (SSSR count). The van der Waals surface area contributed by atoms with E-state index >= 15 is 0 Å². The van der Waals surface area contributed by atoms with Crippen molar-refractivity contribution in [3.63, 3.8) is 0 Å². The first-order chi connectivity index (χ1) is 10.3. The van der Waals surface area contributed by atoms with Gasteiger partial charge in [0.05, 0.1) is 12.8 Å². The molecule has 6 heteroatoms. The van der Waals surface area contributed by atoms with Crippen LogP contribution in [0.25, 0.3) is 0 Å². The zero-order valence-electron chi connectivity index (χ0n) is 13.7. The van der Waals surface area contributed by atoms with Crippen molar-refractivity contribution in [3.05, 3.63) is 18.2 Å². The molecule has 0 fully saturated rings. The van der Waals surface area contributed by atoms with Gasteiger partial charge in [-0.2, -0.15) is 0 Å². The van der Waals surface area contributed by atoms with Crippen LogP contribution in [0.5, 0.6) is 5.75 Å². The minimum Gasteiger partial charge on any atom is -0.495 e. The Morgan fingerprint density at radius 1 is 1.18 bits per heavy atom. The van der Waals surface area contributed by atoms with Crippen molar-refractivity contribution in [2.75, 3.05) is 24.4 Å². The van der Waals surface area contributed by atoms with Crippen LogP contribution >= 0.6 is 0 Å². The zero-order valence-corrected chi connectivity index (χ0v) is 13.7. The molecule has 0 aliphatic carbocycles. The van der Waals surface area contributed by atoms with Gasteiger partial charge < -0.3 is 20.1 Å². The van der Waals surface area contributed by atoms with Crippen LogP contribution in [-0.4, -0.2) is 31.6 Å². The number of amides is 2. The highest BCUT2D eigenvalue weighted by molar-refractivity contribution is 5.97. The Morgan fingerprint density at radius 2 is 1.86 bits per heavy atom. The quantitative estimate of drug-likeness (QED) is 0.812. The van der Waals surface area contributed by atoms with Crippen molar-refractivity contribution in [1.82, 2.24) is 0 Å². The fourth-order valence-electron chi connectivity index (χ4n) is 1.73. The molecule has 0 unspecified atom stereocenters. The molecule has 0 radical (unpaired) electrons. The second-order valence-electron chi connectivity index (χ2n) is 5.45. The number of benzene rings is 1. The SMILES string of the molecule is COc1ccc(NC(C)=O)cc1NC(=O)[C@H](C)OCC(C)C. The van der Waals surface area contributed by atoms with Crippen LogP contribution in [-0.2, 0) is 14.3 Å². The van der Waals surface area contributed by atoms with Crippen molar-refractivity contribution in [2.24, 2.45) is 5.92 Å². The van der Waals surface area contributed by atoms with E-state index in [4.69, 9.17) is 9.47 Å². The van der Waals surface area contributed by atoms with Crippen LogP contribution in [0.2, 0.25) is 0 Å². The molecule has 0 heterocycles. The first kappa shape index (κ1) is 18.0. The standard InChI is InChI=1S/C16H24N2O4/c1-10(2)9-22-11(3)16(20)18-14-8-13(17-12(4)19)6-7-15(14)21-5/h6-8,10-11H,9H2,1-5H3,(H,17,19)(H,18,20)/t11-/m0/s1. The third-order valence-electron chi connectivity index (χ3n) is 2.83. The third kappa shape index (κ3) is 5.73. The Hall–Kier alpha value is -2.08. The normalized spacial score (nSPS) is 11.9. The molecule has 0 saturated heterocycles. The lowest BCUT2D eigenvalue weighted by molar-refractivity contribution is -0.127. The predicted molar refractivity (Wildman–Crippen MR) is 86.2 cm³/mol. The number of carbonyl (C=O) groups excluding carboxylic acids is 2. The average molecular weight is 308 g/mol. The van der Waals surface area contributed by atoms with Gasteiger partial charge in [-0.3, -0.25) is 9.59 Å². The molecular formula is C16H24N2O4. The average Bonchev–Trinajstić information content (AvgIpc) is 2.44. The molecular weight excluding hydrogens is 284 g/mol. The van der Waals surface area contributed by atoms with Crippen LogP contribution in [0, 0.1) is 5.92 Å². The van der Waals surface area contributed by atoms with E-state index in [0.717, 1.165) is 0 Å². The molecule has 0 aliphatic rings. The van der Waals surface area contributed by atoms with Crippen LogP contribution in [0.15, 0.2) is 18.2 Å². The Morgan fingerprint density at radius 3 is 2.41 bits per heavy atom. The fraction of sp³-hybridized carbons (Fsp3) is 0.500. The number of carbonyl (C=O) groups is 2. The number of hydrogen-bond acceptors (Lipinski definition) is 4. The Bertz CT molecular complexity index is 529. The summed E-state index contributed by atoms with van der Waals surface area (Å²) in [4.78, 5) is 23.3. The summed E-state index contributed by atoms with van der Waals surface area (Å²) in [7, 11) is 1.52. The molecule has 6 nitrogen and oxygen atoms in total. The molecule has 122 valence electrons. The molecule has 0 spiro atoms. The third-order valence-corrected chi connectivity index (χ3v) is 2.83. The fourth-order valence-corrected chi connectivity index (χ4v) is 1.73. The van der Waals surface area contributed by atoms with Crippen molar-refractivity contribution in [2.45, 2.75) is 33.8 Å². The molecule has 1 aromatic rings. The Balaban J connectivity index is 2.81. The molecule has 0 saturated carbocycles. The maximum absolute atomic E-state index is 12.1. The number of methoxy groups -OCH3 is 1. The molecule has 0 aliphatic heterocycles. The van der Waals surface area contributed by atoms with Gasteiger partial charge in [0.1, 0.15) is 11.9 Å². The summed E-state index contributed by atoms with van der Waals surface area (Å²) in [5, 5.41) is 5.42. The van der Waals surface area contributed by atoms with Gasteiger partial charge in [-0.05, 0) is 31.0 Å². The summed E-state index contributed by atoms with van der Waals surface area (Å²) in [6.45, 7) is 7.67. The number of nitrogens with one attached hydrogen (secondary N) is 2. The van der Waals surface area contributed by atoms with Gasteiger partial charge in [0.2, 0.25) is 5.91 Å². The van der Waals surface area contributed by atoms with Crippen LogP contribution < -0.4 is 15.4 Å². The topological polar surface area (TPSA) is 76.7 Å². The van der Waals surface area contributed by atoms with Gasteiger partial charge in [0.15, 0.2) is 0 Å². The first-order valence-electron chi connectivity index (χ1n) is 7.21. The number of hydrogen-bond donors (Lipinski definition) is 2. The highest BCUT2D eigenvalue weighted by Crippen LogP contribution is 2.28. The maximum atomic E-state index is 12.1. The maximum Gasteiger partial charge on any atom is 0.253 e. The van der Waals surface area contributed by atoms with Gasteiger partial charge >= 0.3 is 0 Å². The van der Waals surface area contributed by atoms with E-state index in [2.05, 4.69) is 10.6 Å². The summed E-state index contributed by atoms with van der Waals surface area (Å²) >= 11 is 0. The summed E-state index contributed by atoms with van der Waals surface area (Å²) in [6, 6.07) is 5.03. The van der Waals surface area contributed by atoms with Crippen molar-refractivity contribution >= 4 is 23.2 Å².